The molecular weight excluding hydrogens is 544 g/mol. The number of amides is 1. The van der Waals surface area contributed by atoms with Gasteiger partial charge in [0.15, 0.2) is 0 Å². The molecule has 0 unspecified atom stereocenters. The lowest BCUT2D eigenvalue weighted by atomic mass is 9.88. The molecule has 31 heavy (non-hydrogen) atoms. The van der Waals surface area contributed by atoms with Gasteiger partial charge in [-0.3, -0.25) is 4.98 Å². The molecule has 0 spiro atoms. The van der Waals surface area contributed by atoms with E-state index in [2.05, 4.69) is 44.0 Å². The molecule has 0 atom stereocenters. The number of rotatable bonds is 1. The fourth-order valence-corrected chi connectivity index (χ4v) is 5.24. The van der Waals surface area contributed by atoms with E-state index in [-0.39, 0.29) is 6.09 Å². The predicted octanol–water partition coefficient (Wildman–Crippen LogP) is 7.44. The van der Waals surface area contributed by atoms with E-state index in [4.69, 9.17) is 21.3 Å². The van der Waals surface area contributed by atoms with Crippen LogP contribution in [0.15, 0.2) is 38.9 Å². The molecule has 1 fully saturated rings. The number of carbonyl (C=O) groups excluding carboxylic acids is 1. The predicted molar refractivity (Wildman–Crippen MR) is 134 cm³/mol. The lowest BCUT2D eigenvalue weighted by molar-refractivity contribution is 0.104. The van der Waals surface area contributed by atoms with Gasteiger partial charge in [-0.2, -0.15) is 0 Å². The zero-order valence-corrected chi connectivity index (χ0v) is 22.0. The molecule has 166 valence electrons. The van der Waals surface area contributed by atoms with E-state index in [1.54, 1.807) is 4.90 Å². The molecule has 2 heterocycles. The number of likely N-dealkylation sites (tertiary alicyclic amines) is 1. The van der Waals surface area contributed by atoms with Gasteiger partial charge >= 0.3 is 6.09 Å². The molecule has 7 heteroatoms. The van der Waals surface area contributed by atoms with E-state index in [1.165, 1.54) is 27.8 Å². The SMILES string of the molecule is CC.CCOC(=O)N1CCC(=C2c3ccc(Cl)c(Br)c3CCc3cc(Br)cnc32)CC1. The largest absolute Gasteiger partial charge is 0.450 e. The number of fused-ring (bicyclic) bond motifs is 2. The van der Waals surface area contributed by atoms with Crippen LogP contribution in [0.4, 0.5) is 4.79 Å². The Bertz CT molecular complexity index is 997. The first kappa shape index (κ1) is 24.3. The Morgan fingerprint density at radius 3 is 2.55 bits per heavy atom. The van der Waals surface area contributed by atoms with Crippen LogP contribution in [0.2, 0.25) is 5.02 Å². The summed E-state index contributed by atoms with van der Waals surface area (Å²) in [6, 6.07) is 6.22. The second kappa shape index (κ2) is 11.0. The van der Waals surface area contributed by atoms with E-state index in [1.807, 2.05) is 33.0 Å². The van der Waals surface area contributed by atoms with Crippen molar-refractivity contribution in [2.75, 3.05) is 19.7 Å². The second-order valence-electron chi connectivity index (χ2n) is 7.21. The molecule has 2 aliphatic rings. The highest BCUT2D eigenvalue weighted by atomic mass is 79.9. The summed E-state index contributed by atoms with van der Waals surface area (Å²) in [4.78, 5) is 18.7. The van der Waals surface area contributed by atoms with Crippen molar-refractivity contribution in [3.05, 3.63) is 66.3 Å². The average molecular weight is 571 g/mol. The number of nitrogens with zero attached hydrogens (tertiary/aromatic N) is 2. The first-order chi connectivity index (χ1) is 15.0. The zero-order valence-electron chi connectivity index (χ0n) is 18.1. The standard InChI is InChI=1S/C22H21Br2ClN2O2.C2H6/c1-2-29-22(28)27-9-7-13(8-10-27)19-16-5-6-18(25)20(24)17(16)4-3-14-11-15(23)12-26-21(14)19;1-2/h5-6,11-12H,2-4,7-10H2,1H3;1-2H3. The van der Waals surface area contributed by atoms with Crippen molar-refractivity contribution >= 4 is 55.1 Å². The smallest absolute Gasteiger partial charge is 0.409 e. The zero-order chi connectivity index (χ0) is 22.5. The van der Waals surface area contributed by atoms with Gasteiger partial charge in [-0.1, -0.05) is 37.1 Å². The number of carbonyl (C=O) groups is 1. The van der Waals surface area contributed by atoms with Gasteiger partial charge < -0.3 is 9.64 Å². The van der Waals surface area contributed by atoms with Crippen molar-refractivity contribution in [1.82, 2.24) is 9.88 Å². The number of piperidine rings is 1. The molecule has 4 nitrogen and oxygen atoms in total. The molecule has 1 aliphatic carbocycles. The summed E-state index contributed by atoms with van der Waals surface area (Å²) in [7, 11) is 0. The molecule has 0 radical (unpaired) electrons. The van der Waals surface area contributed by atoms with Gasteiger partial charge in [0.1, 0.15) is 0 Å². The third-order valence-corrected chi connectivity index (χ3v) is 7.41. The Balaban J connectivity index is 0.00000132. The minimum absolute atomic E-state index is 0.227. The van der Waals surface area contributed by atoms with Crippen LogP contribution in [0.3, 0.4) is 0 Å². The van der Waals surface area contributed by atoms with Crippen molar-refractivity contribution in [3.8, 4) is 0 Å². The minimum atomic E-state index is -0.227. The van der Waals surface area contributed by atoms with Crippen molar-refractivity contribution in [3.63, 3.8) is 0 Å². The van der Waals surface area contributed by atoms with Gasteiger partial charge in [0.2, 0.25) is 0 Å². The van der Waals surface area contributed by atoms with Crippen molar-refractivity contribution in [2.45, 2.75) is 46.5 Å². The second-order valence-corrected chi connectivity index (χ2v) is 9.33. The van der Waals surface area contributed by atoms with E-state index < -0.39 is 0 Å². The van der Waals surface area contributed by atoms with Crippen molar-refractivity contribution in [2.24, 2.45) is 0 Å². The Hall–Kier alpha value is -1.37. The van der Waals surface area contributed by atoms with Crippen LogP contribution >= 0.6 is 43.5 Å². The fraction of sp³-hybridized carbons (Fsp3) is 0.417. The minimum Gasteiger partial charge on any atom is -0.450 e. The van der Waals surface area contributed by atoms with Gasteiger partial charge in [-0.15, -0.1) is 0 Å². The summed E-state index contributed by atoms with van der Waals surface area (Å²) in [5, 5.41) is 0.727. The lowest BCUT2D eigenvalue weighted by Gasteiger charge is -2.29. The topological polar surface area (TPSA) is 42.4 Å². The van der Waals surface area contributed by atoms with Gasteiger partial charge in [-0.05, 0) is 93.3 Å². The Labute approximate surface area is 206 Å². The molecule has 1 aromatic heterocycles. The molecule has 0 bridgehead atoms. The summed E-state index contributed by atoms with van der Waals surface area (Å²) < 4.78 is 7.12. The molecule has 1 amide bonds. The summed E-state index contributed by atoms with van der Waals surface area (Å²) in [5.41, 5.74) is 7.21. The quantitative estimate of drug-likeness (QED) is 0.358. The van der Waals surface area contributed by atoms with Crippen LogP contribution in [-0.2, 0) is 17.6 Å². The van der Waals surface area contributed by atoms with Crippen LogP contribution in [0.25, 0.3) is 5.57 Å². The molecule has 1 saturated heterocycles. The van der Waals surface area contributed by atoms with Gasteiger partial charge in [-0.25, -0.2) is 4.79 Å². The molecular formula is C24H27Br2ClN2O2. The number of aromatic nitrogens is 1. The van der Waals surface area contributed by atoms with Crippen LogP contribution in [0, 0.1) is 0 Å². The maximum atomic E-state index is 12.1. The molecule has 0 N–H and O–H groups in total. The van der Waals surface area contributed by atoms with Crippen LogP contribution in [0.5, 0.6) is 0 Å². The van der Waals surface area contributed by atoms with Gasteiger partial charge in [0, 0.05) is 33.8 Å². The van der Waals surface area contributed by atoms with Crippen LogP contribution < -0.4 is 0 Å². The molecule has 4 rings (SSSR count). The molecule has 2 aromatic rings. The maximum absolute atomic E-state index is 12.1. The summed E-state index contributed by atoms with van der Waals surface area (Å²) in [6.07, 6.45) is 5.06. The Morgan fingerprint density at radius 2 is 1.87 bits per heavy atom. The van der Waals surface area contributed by atoms with Crippen molar-refractivity contribution in [1.29, 1.82) is 0 Å². The van der Waals surface area contributed by atoms with Gasteiger partial charge in [0.05, 0.1) is 17.3 Å². The number of aryl methyl sites for hydroxylation is 1. The highest BCUT2D eigenvalue weighted by Crippen LogP contribution is 2.42. The number of ether oxygens (including phenoxy) is 1. The molecule has 1 aliphatic heterocycles. The van der Waals surface area contributed by atoms with E-state index in [0.717, 1.165) is 45.3 Å². The maximum Gasteiger partial charge on any atom is 0.409 e. The highest BCUT2D eigenvalue weighted by molar-refractivity contribution is 9.10. The number of halogens is 3. The number of benzene rings is 1. The third-order valence-electron chi connectivity index (χ3n) is 5.53. The van der Waals surface area contributed by atoms with E-state index in [9.17, 15) is 4.79 Å². The number of pyridine rings is 1. The van der Waals surface area contributed by atoms with Gasteiger partial charge in [0.25, 0.3) is 0 Å². The summed E-state index contributed by atoms with van der Waals surface area (Å²) >= 11 is 13.7. The number of hydrogen-bond acceptors (Lipinski definition) is 3. The third kappa shape index (κ3) is 5.18. The van der Waals surface area contributed by atoms with Crippen LogP contribution in [0.1, 0.15) is 56.0 Å². The summed E-state index contributed by atoms with van der Waals surface area (Å²) in [5.74, 6) is 0. The normalized spacial score (nSPS) is 15.4. The van der Waals surface area contributed by atoms with Crippen LogP contribution in [-0.4, -0.2) is 35.7 Å². The first-order valence-electron chi connectivity index (χ1n) is 10.7. The Morgan fingerprint density at radius 1 is 1.16 bits per heavy atom. The monoisotopic (exact) mass is 568 g/mol. The highest BCUT2D eigenvalue weighted by Gasteiger charge is 2.28. The first-order valence-corrected chi connectivity index (χ1v) is 12.7. The molecule has 1 aromatic carbocycles. The molecule has 0 saturated carbocycles. The van der Waals surface area contributed by atoms with E-state index >= 15 is 0 Å². The summed E-state index contributed by atoms with van der Waals surface area (Å²) in [6.45, 7) is 7.56. The van der Waals surface area contributed by atoms with E-state index in [0.29, 0.717) is 19.7 Å². The number of hydrogen-bond donors (Lipinski definition) is 0. The fourth-order valence-electron chi connectivity index (χ4n) is 4.14. The van der Waals surface area contributed by atoms with Crippen molar-refractivity contribution < 1.29 is 9.53 Å². The lowest BCUT2D eigenvalue weighted by Crippen LogP contribution is -2.37. The Kier molecular flexibility index (Phi) is 8.59. The average Bonchev–Trinajstić information content (AvgIpc) is 2.95.